The molecule has 1 saturated heterocycles. The number of hydrogen-bond donors (Lipinski definition) is 2. The van der Waals surface area contributed by atoms with Gasteiger partial charge in [-0.15, -0.1) is 0 Å². The van der Waals surface area contributed by atoms with E-state index in [1.54, 1.807) is 30.5 Å². The van der Waals surface area contributed by atoms with E-state index in [9.17, 15) is 4.79 Å². The summed E-state index contributed by atoms with van der Waals surface area (Å²) in [5, 5.41) is 3.14. The summed E-state index contributed by atoms with van der Waals surface area (Å²) in [5.74, 6) is 1.63. The lowest BCUT2D eigenvalue weighted by Crippen LogP contribution is -2.51. The number of aromatic amines is 1. The summed E-state index contributed by atoms with van der Waals surface area (Å²) in [6.45, 7) is 4.15. The molecule has 3 heterocycles. The van der Waals surface area contributed by atoms with Gasteiger partial charge in [0.1, 0.15) is 11.6 Å². The van der Waals surface area contributed by atoms with Gasteiger partial charge in [0.25, 0.3) is 0 Å². The minimum atomic E-state index is -0.0948. The summed E-state index contributed by atoms with van der Waals surface area (Å²) < 4.78 is 0. The van der Waals surface area contributed by atoms with Crippen LogP contribution in [0.3, 0.4) is 0 Å². The molecule has 2 N–H and O–H groups in total. The monoisotopic (exact) mass is 379 g/mol. The van der Waals surface area contributed by atoms with E-state index in [4.69, 9.17) is 0 Å². The maximum absolute atomic E-state index is 12.7. The Kier molecular flexibility index (Phi) is 5.10. The van der Waals surface area contributed by atoms with Gasteiger partial charge in [0.05, 0.1) is 23.8 Å². The lowest BCUT2D eigenvalue weighted by Gasteiger charge is -2.34. The van der Waals surface area contributed by atoms with Crippen LogP contribution in [0.1, 0.15) is 24.2 Å². The van der Waals surface area contributed by atoms with Crippen molar-refractivity contribution in [1.29, 1.82) is 0 Å². The number of fused-ring (bicyclic) bond motifs is 1. The predicted molar refractivity (Wildman–Crippen MR) is 108 cm³/mol. The van der Waals surface area contributed by atoms with Crippen molar-refractivity contribution in [2.75, 3.05) is 25.0 Å². The summed E-state index contributed by atoms with van der Waals surface area (Å²) in [5.41, 5.74) is 3.09. The van der Waals surface area contributed by atoms with E-state index in [1.807, 2.05) is 19.1 Å². The number of rotatable bonds is 4. The number of anilines is 1. The number of imidazole rings is 1. The van der Waals surface area contributed by atoms with Crippen LogP contribution >= 0.6 is 0 Å². The third-order valence-electron chi connectivity index (χ3n) is 5.04. The van der Waals surface area contributed by atoms with Gasteiger partial charge in [-0.25, -0.2) is 14.8 Å². The van der Waals surface area contributed by atoms with Crippen molar-refractivity contribution < 1.29 is 4.79 Å². The fraction of sp³-hybridized carbons (Fsp3) is 0.400. The number of benzene rings is 1. The minimum Gasteiger partial charge on any atom is -0.353 e. The lowest BCUT2D eigenvalue weighted by molar-refractivity contribution is 0.200. The van der Waals surface area contributed by atoms with E-state index in [1.165, 1.54) is 5.56 Å². The van der Waals surface area contributed by atoms with Crippen molar-refractivity contribution in [3.8, 4) is 0 Å². The molecule has 2 aromatic heterocycles. The highest BCUT2D eigenvalue weighted by molar-refractivity contribution is 5.76. The molecule has 0 spiro atoms. The average molecular weight is 379 g/mol. The predicted octanol–water partition coefficient (Wildman–Crippen LogP) is 2.47. The Morgan fingerprint density at radius 3 is 3.11 bits per heavy atom. The van der Waals surface area contributed by atoms with Crippen molar-refractivity contribution in [2.24, 2.45) is 0 Å². The molecule has 28 heavy (non-hydrogen) atoms. The SMILES string of the molecule is Cc1ccc2nc(CN(C)C(=O)NC3CCCN(c4cnccn4)C3)[nH]c2c1. The second kappa shape index (κ2) is 7.84. The molecule has 1 aromatic carbocycles. The van der Waals surface area contributed by atoms with Crippen molar-refractivity contribution in [3.63, 3.8) is 0 Å². The highest BCUT2D eigenvalue weighted by Crippen LogP contribution is 2.17. The molecule has 1 aliphatic rings. The van der Waals surface area contributed by atoms with Gasteiger partial charge in [0.2, 0.25) is 0 Å². The normalized spacial score (nSPS) is 16.9. The van der Waals surface area contributed by atoms with Gasteiger partial charge in [-0.3, -0.25) is 4.98 Å². The van der Waals surface area contributed by atoms with Crippen molar-refractivity contribution >= 4 is 22.9 Å². The molecule has 0 aliphatic carbocycles. The summed E-state index contributed by atoms with van der Waals surface area (Å²) in [6.07, 6.45) is 7.09. The van der Waals surface area contributed by atoms with Gasteiger partial charge < -0.3 is 20.1 Å². The molecule has 0 saturated carbocycles. The average Bonchev–Trinajstić information content (AvgIpc) is 3.10. The van der Waals surface area contributed by atoms with Gasteiger partial charge in [0, 0.05) is 38.6 Å². The Balaban J connectivity index is 1.35. The first kappa shape index (κ1) is 18.2. The topological polar surface area (TPSA) is 90.0 Å². The summed E-state index contributed by atoms with van der Waals surface area (Å²) in [7, 11) is 1.79. The number of nitrogens with zero attached hydrogens (tertiary/aromatic N) is 5. The van der Waals surface area contributed by atoms with Crippen LogP contribution in [0.25, 0.3) is 11.0 Å². The first-order chi connectivity index (χ1) is 13.6. The summed E-state index contributed by atoms with van der Waals surface area (Å²) in [4.78, 5) is 32.9. The van der Waals surface area contributed by atoms with E-state index in [2.05, 4.69) is 36.2 Å². The first-order valence-electron chi connectivity index (χ1n) is 9.56. The summed E-state index contributed by atoms with van der Waals surface area (Å²) >= 11 is 0. The highest BCUT2D eigenvalue weighted by Gasteiger charge is 2.23. The first-order valence-corrected chi connectivity index (χ1v) is 9.56. The molecule has 8 heteroatoms. The van der Waals surface area contributed by atoms with Crippen LogP contribution in [-0.4, -0.2) is 57.0 Å². The van der Waals surface area contributed by atoms with Gasteiger partial charge in [-0.1, -0.05) is 6.07 Å². The minimum absolute atomic E-state index is 0.0871. The maximum atomic E-state index is 12.7. The number of hydrogen-bond acceptors (Lipinski definition) is 5. The number of aryl methyl sites for hydroxylation is 1. The zero-order chi connectivity index (χ0) is 19.5. The van der Waals surface area contributed by atoms with E-state index < -0.39 is 0 Å². The molecule has 1 atom stereocenters. The number of nitrogens with one attached hydrogen (secondary N) is 2. The molecular formula is C20H25N7O. The van der Waals surface area contributed by atoms with Gasteiger partial charge in [-0.05, 0) is 37.5 Å². The molecule has 2 amide bonds. The Labute approximate surface area is 164 Å². The number of carbonyl (C=O) groups is 1. The van der Waals surface area contributed by atoms with Crippen LogP contribution in [0.2, 0.25) is 0 Å². The number of aromatic nitrogens is 4. The van der Waals surface area contributed by atoms with E-state index in [0.717, 1.165) is 48.6 Å². The zero-order valence-electron chi connectivity index (χ0n) is 16.2. The molecule has 1 unspecified atom stereocenters. The molecule has 1 fully saturated rings. The number of amides is 2. The number of urea groups is 1. The van der Waals surface area contributed by atoms with E-state index in [-0.39, 0.29) is 12.1 Å². The molecule has 8 nitrogen and oxygen atoms in total. The second-order valence-corrected chi connectivity index (χ2v) is 7.36. The van der Waals surface area contributed by atoms with Crippen LogP contribution in [0, 0.1) is 6.92 Å². The van der Waals surface area contributed by atoms with Crippen LogP contribution in [-0.2, 0) is 6.54 Å². The Hall–Kier alpha value is -3.16. The van der Waals surface area contributed by atoms with Gasteiger partial charge >= 0.3 is 6.03 Å². The molecule has 0 bridgehead atoms. The Morgan fingerprint density at radius 2 is 2.29 bits per heavy atom. The number of piperidine rings is 1. The zero-order valence-corrected chi connectivity index (χ0v) is 16.2. The van der Waals surface area contributed by atoms with Crippen LogP contribution in [0.15, 0.2) is 36.8 Å². The van der Waals surface area contributed by atoms with E-state index in [0.29, 0.717) is 6.54 Å². The fourth-order valence-corrected chi connectivity index (χ4v) is 3.59. The third kappa shape index (κ3) is 4.05. The third-order valence-corrected chi connectivity index (χ3v) is 5.04. The molecule has 146 valence electrons. The van der Waals surface area contributed by atoms with Gasteiger partial charge in [0.15, 0.2) is 0 Å². The second-order valence-electron chi connectivity index (χ2n) is 7.36. The number of H-pyrrole nitrogens is 1. The highest BCUT2D eigenvalue weighted by atomic mass is 16.2. The molecular weight excluding hydrogens is 354 g/mol. The van der Waals surface area contributed by atoms with Crippen LogP contribution < -0.4 is 10.2 Å². The molecule has 0 radical (unpaired) electrons. The van der Waals surface area contributed by atoms with Crippen LogP contribution in [0.5, 0.6) is 0 Å². The van der Waals surface area contributed by atoms with Crippen molar-refractivity contribution in [2.45, 2.75) is 32.4 Å². The van der Waals surface area contributed by atoms with Crippen molar-refractivity contribution in [3.05, 3.63) is 48.2 Å². The Bertz CT molecular complexity index is 956. The molecule has 1 aliphatic heterocycles. The largest absolute Gasteiger partial charge is 0.353 e. The maximum Gasteiger partial charge on any atom is 0.317 e. The number of carbonyl (C=O) groups excluding carboxylic acids is 1. The van der Waals surface area contributed by atoms with Gasteiger partial charge in [-0.2, -0.15) is 0 Å². The lowest BCUT2D eigenvalue weighted by atomic mass is 10.1. The van der Waals surface area contributed by atoms with Crippen molar-refractivity contribution in [1.82, 2.24) is 30.2 Å². The fourth-order valence-electron chi connectivity index (χ4n) is 3.59. The smallest absolute Gasteiger partial charge is 0.317 e. The van der Waals surface area contributed by atoms with Crippen LogP contribution in [0.4, 0.5) is 10.6 Å². The quantitative estimate of drug-likeness (QED) is 0.727. The molecule has 4 rings (SSSR count). The Morgan fingerprint density at radius 1 is 1.39 bits per heavy atom. The summed E-state index contributed by atoms with van der Waals surface area (Å²) in [6, 6.07) is 6.09. The van der Waals surface area contributed by atoms with E-state index >= 15 is 0 Å². The molecule has 3 aromatic rings. The standard InChI is InChI=1S/C20H25N7O/c1-14-5-6-16-17(10-14)25-18(24-16)13-26(2)20(28)23-15-4-3-9-27(12-15)19-11-21-7-8-22-19/h5-8,10-11,15H,3-4,9,12-13H2,1-2H3,(H,23,28)(H,24,25).